The summed E-state index contributed by atoms with van der Waals surface area (Å²) in [7, 11) is 3.39. The monoisotopic (exact) mass is 382 g/mol. The Morgan fingerprint density at radius 2 is 1.79 bits per heavy atom. The summed E-state index contributed by atoms with van der Waals surface area (Å²) in [5.41, 5.74) is 3.54. The van der Waals surface area contributed by atoms with Crippen molar-refractivity contribution in [2.24, 2.45) is 5.41 Å². The average molecular weight is 383 g/mol. The standard InChI is InChI=1S/C25H34O3/c1-5-7-14-25(6-2)15-13-18-11-12-21(28-4)17-22(18)23(24(25)26)19-9-8-10-20(16-19)27-3/h8-12,16-17,23-24,26H,5-7,13-15H2,1-4H3/t23-,24-,25-/m1/s1. The molecular weight excluding hydrogens is 348 g/mol. The van der Waals surface area contributed by atoms with Crippen molar-refractivity contribution in [3.05, 3.63) is 59.2 Å². The van der Waals surface area contributed by atoms with Gasteiger partial charge in [-0.3, -0.25) is 0 Å². The first-order chi connectivity index (χ1) is 13.6. The van der Waals surface area contributed by atoms with E-state index in [1.807, 2.05) is 18.2 Å². The number of fused-ring (bicyclic) bond motifs is 1. The van der Waals surface area contributed by atoms with Gasteiger partial charge in [-0.2, -0.15) is 0 Å². The highest BCUT2D eigenvalue weighted by Crippen LogP contribution is 2.49. The summed E-state index contributed by atoms with van der Waals surface area (Å²) in [6.07, 6.45) is 5.92. The second-order valence-electron chi connectivity index (χ2n) is 8.08. The summed E-state index contributed by atoms with van der Waals surface area (Å²) in [4.78, 5) is 0. The summed E-state index contributed by atoms with van der Waals surface area (Å²) in [6, 6.07) is 14.5. The van der Waals surface area contributed by atoms with Crippen molar-refractivity contribution in [2.75, 3.05) is 14.2 Å². The van der Waals surface area contributed by atoms with E-state index in [1.165, 1.54) is 11.1 Å². The first-order valence-corrected chi connectivity index (χ1v) is 10.6. The highest BCUT2D eigenvalue weighted by Gasteiger charge is 2.44. The summed E-state index contributed by atoms with van der Waals surface area (Å²) in [5, 5.41) is 11.8. The summed E-state index contributed by atoms with van der Waals surface area (Å²) in [6.45, 7) is 4.46. The fraction of sp³-hybridized carbons (Fsp3) is 0.520. The van der Waals surface area contributed by atoms with Crippen LogP contribution in [0.2, 0.25) is 0 Å². The molecule has 3 heteroatoms. The van der Waals surface area contributed by atoms with Crippen molar-refractivity contribution in [3.8, 4) is 11.5 Å². The first-order valence-electron chi connectivity index (χ1n) is 10.6. The molecule has 3 nitrogen and oxygen atoms in total. The van der Waals surface area contributed by atoms with E-state index in [0.29, 0.717) is 0 Å². The van der Waals surface area contributed by atoms with Gasteiger partial charge < -0.3 is 14.6 Å². The van der Waals surface area contributed by atoms with E-state index in [4.69, 9.17) is 9.47 Å². The molecule has 2 aromatic rings. The molecule has 2 aromatic carbocycles. The van der Waals surface area contributed by atoms with Gasteiger partial charge in [0.25, 0.3) is 0 Å². The summed E-state index contributed by atoms with van der Waals surface area (Å²) in [5.74, 6) is 1.59. The number of rotatable bonds is 7. The van der Waals surface area contributed by atoms with E-state index < -0.39 is 6.10 Å². The van der Waals surface area contributed by atoms with Crippen LogP contribution in [-0.4, -0.2) is 25.4 Å². The molecule has 0 saturated carbocycles. The van der Waals surface area contributed by atoms with Crippen molar-refractivity contribution in [3.63, 3.8) is 0 Å². The lowest BCUT2D eigenvalue weighted by atomic mass is 9.67. The molecule has 1 aliphatic carbocycles. The van der Waals surface area contributed by atoms with Crippen LogP contribution < -0.4 is 9.47 Å². The van der Waals surface area contributed by atoms with Gasteiger partial charge in [0.1, 0.15) is 11.5 Å². The second-order valence-corrected chi connectivity index (χ2v) is 8.08. The third-order valence-corrected chi connectivity index (χ3v) is 6.71. The van der Waals surface area contributed by atoms with Crippen LogP contribution in [0.15, 0.2) is 42.5 Å². The molecule has 152 valence electrons. The van der Waals surface area contributed by atoms with E-state index in [1.54, 1.807) is 14.2 Å². The van der Waals surface area contributed by atoms with E-state index >= 15 is 0 Å². The maximum absolute atomic E-state index is 11.8. The molecular formula is C25H34O3. The molecule has 3 atom stereocenters. The molecule has 0 amide bonds. The van der Waals surface area contributed by atoms with Crippen LogP contribution in [0.4, 0.5) is 0 Å². The van der Waals surface area contributed by atoms with Crippen LogP contribution in [0.1, 0.15) is 68.6 Å². The van der Waals surface area contributed by atoms with Crippen LogP contribution >= 0.6 is 0 Å². The van der Waals surface area contributed by atoms with Crippen molar-refractivity contribution >= 4 is 0 Å². The van der Waals surface area contributed by atoms with Gasteiger partial charge in [0.15, 0.2) is 0 Å². The highest BCUT2D eigenvalue weighted by molar-refractivity contribution is 5.46. The zero-order valence-electron chi connectivity index (χ0n) is 17.7. The predicted molar refractivity (Wildman–Crippen MR) is 114 cm³/mol. The number of aliphatic hydroxyl groups excluding tert-OH is 1. The van der Waals surface area contributed by atoms with Gasteiger partial charge in [-0.15, -0.1) is 0 Å². The quantitative estimate of drug-likeness (QED) is 0.622. The molecule has 0 heterocycles. The molecule has 28 heavy (non-hydrogen) atoms. The fourth-order valence-corrected chi connectivity index (χ4v) is 4.83. The maximum atomic E-state index is 11.8. The zero-order chi connectivity index (χ0) is 20.1. The predicted octanol–water partition coefficient (Wildman–Crippen LogP) is 5.73. The van der Waals surface area contributed by atoms with Crippen molar-refractivity contribution in [1.82, 2.24) is 0 Å². The topological polar surface area (TPSA) is 38.7 Å². The van der Waals surface area contributed by atoms with Gasteiger partial charge in [-0.05, 0) is 72.1 Å². The molecule has 3 rings (SSSR count). The van der Waals surface area contributed by atoms with Gasteiger partial charge in [-0.25, -0.2) is 0 Å². The Morgan fingerprint density at radius 3 is 2.46 bits per heavy atom. The molecule has 0 bridgehead atoms. The van der Waals surface area contributed by atoms with Crippen LogP contribution in [0.25, 0.3) is 0 Å². The molecule has 0 radical (unpaired) electrons. The molecule has 1 N–H and O–H groups in total. The van der Waals surface area contributed by atoms with Gasteiger partial charge in [-0.1, -0.05) is 44.9 Å². The third-order valence-electron chi connectivity index (χ3n) is 6.71. The number of unbranched alkanes of at least 4 members (excludes halogenated alkanes) is 1. The van der Waals surface area contributed by atoms with Gasteiger partial charge in [0.05, 0.1) is 20.3 Å². The summed E-state index contributed by atoms with van der Waals surface area (Å²) < 4.78 is 11.0. The molecule has 0 aromatic heterocycles. The van der Waals surface area contributed by atoms with Crippen LogP contribution in [-0.2, 0) is 6.42 Å². The Kier molecular flexibility index (Phi) is 6.66. The van der Waals surface area contributed by atoms with E-state index in [2.05, 4.69) is 38.1 Å². The third kappa shape index (κ3) is 3.91. The van der Waals surface area contributed by atoms with E-state index in [9.17, 15) is 5.11 Å². The Bertz CT molecular complexity index is 785. The molecule has 0 unspecified atom stereocenters. The minimum atomic E-state index is -0.440. The zero-order valence-corrected chi connectivity index (χ0v) is 17.7. The number of aliphatic hydroxyl groups is 1. The van der Waals surface area contributed by atoms with Crippen molar-refractivity contribution in [2.45, 2.75) is 64.4 Å². The van der Waals surface area contributed by atoms with Gasteiger partial charge in [0.2, 0.25) is 0 Å². The van der Waals surface area contributed by atoms with Crippen molar-refractivity contribution < 1.29 is 14.6 Å². The Labute approximate surface area is 169 Å². The molecule has 0 saturated heterocycles. The second kappa shape index (κ2) is 9.00. The average Bonchev–Trinajstić information content (AvgIpc) is 2.86. The SMILES string of the molecule is CCCC[C@]1(CC)CCc2ccc(OC)cc2[C@@H](c2cccc(OC)c2)[C@H]1O. The largest absolute Gasteiger partial charge is 0.497 e. The number of hydrogen-bond donors (Lipinski definition) is 1. The Balaban J connectivity index is 2.16. The smallest absolute Gasteiger partial charge is 0.119 e. The lowest BCUT2D eigenvalue weighted by Crippen LogP contribution is -2.38. The molecule has 0 spiro atoms. The van der Waals surface area contributed by atoms with Crippen LogP contribution in [0, 0.1) is 5.41 Å². The Hall–Kier alpha value is -2.00. The normalized spacial score (nSPS) is 24.3. The Morgan fingerprint density at radius 1 is 1.04 bits per heavy atom. The summed E-state index contributed by atoms with van der Waals surface area (Å²) >= 11 is 0. The molecule has 0 aliphatic heterocycles. The minimum Gasteiger partial charge on any atom is -0.497 e. The van der Waals surface area contributed by atoms with Crippen LogP contribution in [0.5, 0.6) is 11.5 Å². The first kappa shape index (κ1) is 20.7. The van der Waals surface area contributed by atoms with Gasteiger partial charge >= 0.3 is 0 Å². The lowest BCUT2D eigenvalue weighted by Gasteiger charge is -2.40. The number of hydrogen-bond acceptors (Lipinski definition) is 3. The fourth-order valence-electron chi connectivity index (χ4n) is 4.83. The number of benzene rings is 2. The molecule has 0 fully saturated rings. The minimum absolute atomic E-state index is 0.0734. The van der Waals surface area contributed by atoms with Crippen molar-refractivity contribution in [1.29, 1.82) is 0 Å². The highest BCUT2D eigenvalue weighted by atomic mass is 16.5. The maximum Gasteiger partial charge on any atom is 0.119 e. The number of ether oxygens (including phenoxy) is 2. The number of methoxy groups -OCH3 is 2. The van der Waals surface area contributed by atoms with E-state index in [-0.39, 0.29) is 11.3 Å². The van der Waals surface area contributed by atoms with Crippen LogP contribution in [0.3, 0.4) is 0 Å². The van der Waals surface area contributed by atoms with Gasteiger partial charge in [0, 0.05) is 5.92 Å². The van der Waals surface area contributed by atoms with E-state index in [0.717, 1.165) is 55.6 Å². The lowest BCUT2D eigenvalue weighted by molar-refractivity contribution is -0.00160. The number of aryl methyl sites for hydroxylation is 1. The molecule has 1 aliphatic rings.